The SMILES string of the molecule is C.Nc1ccc2nc3ccccn3c2n1. The van der Waals surface area contributed by atoms with Crippen molar-refractivity contribution in [1.29, 1.82) is 0 Å². The van der Waals surface area contributed by atoms with Crippen LogP contribution in [0.3, 0.4) is 0 Å². The van der Waals surface area contributed by atoms with Crippen LogP contribution in [0.4, 0.5) is 5.82 Å². The summed E-state index contributed by atoms with van der Waals surface area (Å²) in [6.07, 6.45) is 1.93. The molecule has 0 aromatic carbocycles. The van der Waals surface area contributed by atoms with E-state index >= 15 is 0 Å². The minimum atomic E-state index is 0. The Morgan fingerprint density at radius 2 is 1.93 bits per heavy atom. The molecule has 0 aliphatic carbocycles. The first-order valence-electron chi connectivity index (χ1n) is 4.34. The average Bonchev–Trinajstić information content (AvgIpc) is 2.56. The third-order valence-corrected chi connectivity index (χ3v) is 2.18. The summed E-state index contributed by atoms with van der Waals surface area (Å²) >= 11 is 0. The summed E-state index contributed by atoms with van der Waals surface area (Å²) in [5.74, 6) is 0.517. The summed E-state index contributed by atoms with van der Waals surface area (Å²) in [6, 6.07) is 9.47. The van der Waals surface area contributed by atoms with Crippen LogP contribution in [0.2, 0.25) is 0 Å². The third-order valence-electron chi connectivity index (χ3n) is 2.18. The number of nitrogen functional groups attached to an aromatic ring is 1. The van der Waals surface area contributed by atoms with Crippen molar-refractivity contribution in [2.75, 3.05) is 5.73 Å². The Hall–Kier alpha value is -2.10. The van der Waals surface area contributed by atoms with E-state index in [0.29, 0.717) is 5.82 Å². The number of nitrogens with zero attached hydrogens (tertiary/aromatic N) is 3. The first-order chi connectivity index (χ1) is 6.84. The van der Waals surface area contributed by atoms with Gasteiger partial charge in [0.15, 0.2) is 5.65 Å². The molecule has 0 spiro atoms. The molecule has 0 aliphatic rings. The highest BCUT2D eigenvalue weighted by molar-refractivity contribution is 5.77. The van der Waals surface area contributed by atoms with Gasteiger partial charge in [-0.1, -0.05) is 13.5 Å². The van der Waals surface area contributed by atoms with E-state index in [9.17, 15) is 0 Å². The zero-order valence-electron chi connectivity index (χ0n) is 7.38. The molecule has 0 saturated heterocycles. The molecule has 3 aromatic rings. The topological polar surface area (TPSA) is 56.2 Å². The van der Waals surface area contributed by atoms with Crippen LogP contribution >= 0.6 is 0 Å². The van der Waals surface area contributed by atoms with Gasteiger partial charge in [-0.25, -0.2) is 9.97 Å². The number of rotatable bonds is 0. The lowest BCUT2D eigenvalue weighted by Crippen LogP contribution is -1.91. The molecule has 0 amide bonds. The van der Waals surface area contributed by atoms with E-state index in [0.717, 1.165) is 16.8 Å². The van der Waals surface area contributed by atoms with Crippen LogP contribution in [-0.4, -0.2) is 14.4 Å². The summed E-state index contributed by atoms with van der Waals surface area (Å²) in [7, 11) is 0. The Bertz CT molecular complexity index is 612. The predicted octanol–water partition coefficient (Wildman–Crippen LogP) is 2.10. The molecule has 0 atom stereocenters. The van der Waals surface area contributed by atoms with Crippen LogP contribution in [0, 0.1) is 0 Å². The van der Waals surface area contributed by atoms with Gasteiger partial charge in [0, 0.05) is 6.20 Å². The Morgan fingerprint density at radius 1 is 1.07 bits per heavy atom. The average molecular weight is 200 g/mol. The van der Waals surface area contributed by atoms with Crippen LogP contribution in [-0.2, 0) is 0 Å². The highest BCUT2D eigenvalue weighted by atomic mass is 15.1. The molecule has 0 unspecified atom stereocenters. The van der Waals surface area contributed by atoms with Gasteiger partial charge in [-0.2, -0.15) is 0 Å². The molecule has 0 bridgehead atoms. The molecular weight excluding hydrogens is 188 g/mol. The second-order valence-corrected chi connectivity index (χ2v) is 3.12. The Morgan fingerprint density at radius 3 is 2.80 bits per heavy atom. The molecule has 0 fully saturated rings. The normalized spacial score (nSPS) is 10.4. The number of imidazole rings is 1. The molecule has 4 heteroatoms. The summed E-state index contributed by atoms with van der Waals surface area (Å²) in [4.78, 5) is 8.64. The van der Waals surface area contributed by atoms with Gasteiger partial charge in [0.1, 0.15) is 17.0 Å². The number of hydrogen-bond donors (Lipinski definition) is 1. The summed E-state index contributed by atoms with van der Waals surface area (Å²) in [5, 5.41) is 0. The first-order valence-corrected chi connectivity index (χ1v) is 4.34. The molecule has 2 N–H and O–H groups in total. The minimum Gasteiger partial charge on any atom is -0.384 e. The zero-order valence-corrected chi connectivity index (χ0v) is 7.38. The van der Waals surface area contributed by atoms with Crippen molar-refractivity contribution >= 4 is 22.6 Å². The number of fused-ring (bicyclic) bond motifs is 3. The molecule has 0 saturated carbocycles. The van der Waals surface area contributed by atoms with E-state index in [-0.39, 0.29) is 7.43 Å². The number of hydrogen-bond acceptors (Lipinski definition) is 3. The van der Waals surface area contributed by atoms with Gasteiger partial charge < -0.3 is 5.73 Å². The highest BCUT2D eigenvalue weighted by Gasteiger charge is 2.03. The van der Waals surface area contributed by atoms with E-state index in [2.05, 4.69) is 9.97 Å². The third kappa shape index (κ3) is 1.30. The van der Waals surface area contributed by atoms with Gasteiger partial charge in [0.05, 0.1) is 0 Å². The number of pyridine rings is 2. The van der Waals surface area contributed by atoms with Crippen LogP contribution in [0.1, 0.15) is 7.43 Å². The first kappa shape index (κ1) is 9.45. The molecule has 0 radical (unpaired) electrons. The fraction of sp³-hybridized carbons (Fsp3) is 0.0909. The fourth-order valence-corrected chi connectivity index (χ4v) is 1.55. The van der Waals surface area contributed by atoms with E-state index in [1.54, 1.807) is 6.07 Å². The summed E-state index contributed by atoms with van der Waals surface area (Å²) < 4.78 is 1.92. The lowest BCUT2D eigenvalue weighted by atomic mass is 10.4. The van der Waals surface area contributed by atoms with Crippen molar-refractivity contribution in [1.82, 2.24) is 14.4 Å². The van der Waals surface area contributed by atoms with Crippen LogP contribution in [0.5, 0.6) is 0 Å². The summed E-state index contributed by atoms with van der Waals surface area (Å²) in [5.41, 5.74) is 8.18. The zero-order chi connectivity index (χ0) is 9.54. The quantitative estimate of drug-likeness (QED) is 0.604. The number of aromatic nitrogens is 3. The van der Waals surface area contributed by atoms with Crippen molar-refractivity contribution in [2.45, 2.75) is 7.43 Å². The van der Waals surface area contributed by atoms with Gasteiger partial charge in [-0.3, -0.25) is 4.40 Å². The summed E-state index contributed by atoms with van der Waals surface area (Å²) in [6.45, 7) is 0. The van der Waals surface area contributed by atoms with Crippen molar-refractivity contribution in [3.63, 3.8) is 0 Å². The smallest absolute Gasteiger partial charge is 0.166 e. The van der Waals surface area contributed by atoms with Gasteiger partial charge in [0.25, 0.3) is 0 Å². The number of nitrogens with two attached hydrogens (primary N) is 1. The Kier molecular flexibility index (Phi) is 2.04. The molecular formula is C11H12N4. The molecule has 0 aliphatic heterocycles. The minimum absolute atomic E-state index is 0. The monoisotopic (exact) mass is 200 g/mol. The second kappa shape index (κ2) is 3.24. The van der Waals surface area contributed by atoms with E-state index in [1.165, 1.54) is 0 Å². The molecule has 76 valence electrons. The predicted molar refractivity (Wildman–Crippen MR) is 61.6 cm³/mol. The molecule has 3 aromatic heterocycles. The molecule has 3 rings (SSSR count). The Labute approximate surface area is 87.4 Å². The maximum absolute atomic E-state index is 5.62. The standard InChI is InChI=1S/C10H8N4.CH4/c11-8-5-4-7-10(13-8)14-6-2-1-3-9(14)12-7;/h1-6H,(H2,11,13);1H4. The second-order valence-electron chi connectivity index (χ2n) is 3.12. The van der Waals surface area contributed by atoms with Crippen LogP contribution < -0.4 is 5.73 Å². The molecule has 4 nitrogen and oxygen atoms in total. The van der Waals surface area contributed by atoms with Crippen molar-refractivity contribution < 1.29 is 0 Å². The largest absolute Gasteiger partial charge is 0.384 e. The van der Waals surface area contributed by atoms with E-state index in [1.807, 2.05) is 34.9 Å². The highest BCUT2D eigenvalue weighted by Crippen LogP contribution is 2.15. The van der Waals surface area contributed by atoms with E-state index < -0.39 is 0 Å². The maximum atomic E-state index is 5.62. The van der Waals surface area contributed by atoms with Crippen LogP contribution in [0.25, 0.3) is 16.8 Å². The van der Waals surface area contributed by atoms with Gasteiger partial charge in [-0.15, -0.1) is 0 Å². The van der Waals surface area contributed by atoms with E-state index in [4.69, 9.17) is 5.73 Å². The lowest BCUT2D eigenvalue weighted by Gasteiger charge is -1.93. The van der Waals surface area contributed by atoms with Gasteiger partial charge in [0.2, 0.25) is 0 Å². The van der Waals surface area contributed by atoms with Crippen LogP contribution in [0.15, 0.2) is 36.5 Å². The lowest BCUT2D eigenvalue weighted by molar-refractivity contribution is 1.19. The maximum Gasteiger partial charge on any atom is 0.166 e. The fourth-order valence-electron chi connectivity index (χ4n) is 1.55. The van der Waals surface area contributed by atoms with Gasteiger partial charge >= 0.3 is 0 Å². The van der Waals surface area contributed by atoms with Gasteiger partial charge in [-0.05, 0) is 24.3 Å². The van der Waals surface area contributed by atoms with Crippen molar-refractivity contribution in [3.05, 3.63) is 36.5 Å². The number of anilines is 1. The molecule has 15 heavy (non-hydrogen) atoms. The van der Waals surface area contributed by atoms with Crippen molar-refractivity contribution in [2.24, 2.45) is 0 Å². The molecule has 3 heterocycles. The van der Waals surface area contributed by atoms with Crippen molar-refractivity contribution in [3.8, 4) is 0 Å². The Balaban J connectivity index is 0.000000853.